The van der Waals surface area contributed by atoms with Gasteiger partial charge in [0.1, 0.15) is 5.82 Å². The Morgan fingerprint density at radius 1 is 1.22 bits per heavy atom. The van der Waals surface area contributed by atoms with Crippen LogP contribution in [-0.4, -0.2) is 39.1 Å². The lowest BCUT2D eigenvalue weighted by atomic mass is 10.2. The van der Waals surface area contributed by atoms with E-state index in [0.29, 0.717) is 12.5 Å². The highest BCUT2D eigenvalue weighted by atomic mass is 35.5. The normalized spacial score (nSPS) is 14.4. The average molecular weight is 329 g/mol. The minimum Gasteiger partial charge on any atom is -0.361 e. The van der Waals surface area contributed by atoms with Crippen molar-refractivity contribution >= 4 is 28.6 Å². The number of fused-ring (bicyclic) bond motifs is 1. The summed E-state index contributed by atoms with van der Waals surface area (Å²) in [6, 6.07) is 7.76. The Morgan fingerprint density at radius 2 is 2.00 bits per heavy atom. The molecule has 0 N–H and O–H groups in total. The molecule has 0 spiro atoms. The molecule has 0 radical (unpaired) electrons. The standard InChI is InChI=1S/C16H17ClN6/c1-22(2)15-13-16(19-14(18-15)10-7-8-10)23(21-20-13)9-11-5-3-4-6-12(11)17/h3-6,10H,7-9H2,1-2H3. The Labute approximate surface area is 139 Å². The minimum atomic E-state index is 0.474. The maximum Gasteiger partial charge on any atom is 0.184 e. The van der Waals surface area contributed by atoms with Crippen LogP contribution >= 0.6 is 11.6 Å². The van der Waals surface area contributed by atoms with Gasteiger partial charge in [0.25, 0.3) is 0 Å². The van der Waals surface area contributed by atoms with Crippen molar-refractivity contribution in [2.75, 3.05) is 19.0 Å². The van der Waals surface area contributed by atoms with Gasteiger partial charge < -0.3 is 4.90 Å². The molecule has 3 aromatic rings. The molecule has 2 heterocycles. The molecule has 1 aliphatic carbocycles. The number of hydrogen-bond acceptors (Lipinski definition) is 5. The van der Waals surface area contributed by atoms with Gasteiger partial charge in [-0.2, -0.15) is 0 Å². The van der Waals surface area contributed by atoms with Gasteiger partial charge in [0.2, 0.25) is 0 Å². The molecule has 1 saturated carbocycles. The van der Waals surface area contributed by atoms with E-state index in [0.717, 1.165) is 46.2 Å². The van der Waals surface area contributed by atoms with Gasteiger partial charge >= 0.3 is 0 Å². The van der Waals surface area contributed by atoms with Crippen molar-refractivity contribution in [3.05, 3.63) is 40.7 Å². The fourth-order valence-electron chi connectivity index (χ4n) is 2.59. The van der Waals surface area contributed by atoms with E-state index in [4.69, 9.17) is 16.6 Å². The zero-order valence-corrected chi connectivity index (χ0v) is 13.8. The molecule has 1 fully saturated rings. The molecule has 0 saturated heterocycles. The summed E-state index contributed by atoms with van der Waals surface area (Å²) in [5.41, 5.74) is 2.50. The molecule has 0 unspecified atom stereocenters. The predicted octanol–water partition coefficient (Wildman–Crippen LogP) is 2.87. The van der Waals surface area contributed by atoms with Gasteiger partial charge in [0.15, 0.2) is 17.0 Å². The van der Waals surface area contributed by atoms with Gasteiger partial charge in [-0.15, -0.1) is 5.10 Å². The van der Waals surface area contributed by atoms with Gasteiger partial charge in [0, 0.05) is 25.0 Å². The van der Waals surface area contributed by atoms with E-state index in [9.17, 15) is 0 Å². The highest BCUT2D eigenvalue weighted by Crippen LogP contribution is 2.39. The average Bonchev–Trinajstić information content (AvgIpc) is 3.31. The van der Waals surface area contributed by atoms with Crippen LogP contribution in [0.25, 0.3) is 11.2 Å². The van der Waals surface area contributed by atoms with Crippen molar-refractivity contribution in [3.8, 4) is 0 Å². The Morgan fingerprint density at radius 3 is 2.70 bits per heavy atom. The van der Waals surface area contributed by atoms with Crippen molar-refractivity contribution in [1.29, 1.82) is 0 Å². The highest BCUT2D eigenvalue weighted by molar-refractivity contribution is 6.31. The maximum absolute atomic E-state index is 6.26. The van der Waals surface area contributed by atoms with Crippen LogP contribution in [0, 0.1) is 0 Å². The van der Waals surface area contributed by atoms with Gasteiger partial charge in [-0.1, -0.05) is 35.0 Å². The molecule has 1 aromatic carbocycles. The molecule has 2 aromatic heterocycles. The summed E-state index contributed by atoms with van der Waals surface area (Å²) in [5.74, 6) is 2.19. The Kier molecular flexibility index (Phi) is 3.41. The molecule has 4 rings (SSSR count). The number of rotatable bonds is 4. The van der Waals surface area contributed by atoms with E-state index < -0.39 is 0 Å². The summed E-state index contributed by atoms with van der Waals surface area (Å²) < 4.78 is 1.80. The van der Waals surface area contributed by atoms with Crippen molar-refractivity contribution in [3.63, 3.8) is 0 Å². The number of halogens is 1. The van der Waals surface area contributed by atoms with Gasteiger partial charge in [-0.3, -0.25) is 0 Å². The quantitative estimate of drug-likeness (QED) is 0.737. The lowest BCUT2D eigenvalue weighted by Crippen LogP contribution is -2.13. The van der Waals surface area contributed by atoms with Crippen LogP contribution in [0.15, 0.2) is 24.3 Å². The third-order valence-corrected chi connectivity index (χ3v) is 4.37. The summed E-state index contributed by atoms with van der Waals surface area (Å²) in [6.07, 6.45) is 2.31. The van der Waals surface area contributed by atoms with Crippen LogP contribution < -0.4 is 4.90 Å². The number of benzene rings is 1. The monoisotopic (exact) mass is 328 g/mol. The van der Waals surface area contributed by atoms with E-state index >= 15 is 0 Å². The van der Waals surface area contributed by atoms with Crippen molar-refractivity contribution in [1.82, 2.24) is 25.0 Å². The number of nitrogens with zero attached hydrogens (tertiary/aromatic N) is 6. The van der Waals surface area contributed by atoms with Crippen molar-refractivity contribution in [2.24, 2.45) is 0 Å². The van der Waals surface area contributed by atoms with Crippen LogP contribution in [0.2, 0.25) is 5.02 Å². The smallest absolute Gasteiger partial charge is 0.184 e. The highest BCUT2D eigenvalue weighted by Gasteiger charge is 2.29. The molecule has 1 aliphatic rings. The zero-order chi connectivity index (χ0) is 16.0. The summed E-state index contributed by atoms with van der Waals surface area (Å²) >= 11 is 6.26. The van der Waals surface area contributed by atoms with Gasteiger partial charge in [-0.25, -0.2) is 14.6 Å². The maximum atomic E-state index is 6.26. The van der Waals surface area contributed by atoms with Gasteiger partial charge in [0.05, 0.1) is 6.54 Å². The van der Waals surface area contributed by atoms with Crippen molar-refractivity contribution < 1.29 is 0 Å². The second kappa shape index (κ2) is 5.45. The van der Waals surface area contributed by atoms with Crippen LogP contribution in [0.3, 0.4) is 0 Å². The number of hydrogen-bond donors (Lipinski definition) is 0. The summed E-state index contributed by atoms with van der Waals surface area (Å²) in [5, 5.41) is 9.29. The molecule has 7 heteroatoms. The Bertz CT molecular complexity index is 868. The third-order valence-electron chi connectivity index (χ3n) is 4.01. The third kappa shape index (κ3) is 2.63. The minimum absolute atomic E-state index is 0.474. The Hall–Kier alpha value is -2.21. The first-order valence-electron chi connectivity index (χ1n) is 7.65. The van der Waals surface area contributed by atoms with Gasteiger partial charge in [-0.05, 0) is 24.5 Å². The first kappa shape index (κ1) is 14.4. The first-order valence-corrected chi connectivity index (χ1v) is 8.03. The van der Waals surface area contributed by atoms with Crippen LogP contribution in [0.4, 0.5) is 5.82 Å². The molecule has 0 amide bonds. The van der Waals surface area contributed by atoms with E-state index in [1.807, 2.05) is 43.3 Å². The fourth-order valence-corrected chi connectivity index (χ4v) is 2.78. The topological polar surface area (TPSA) is 59.7 Å². The lowest BCUT2D eigenvalue weighted by molar-refractivity contribution is 0.662. The van der Waals surface area contributed by atoms with E-state index in [1.54, 1.807) is 4.68 Å². The molecular weight excluding hydrogens is 312 g/mol. The van der Waals surface area contributed by atoms with E-state index in [-0.39, 0.29) is 0 Å². The second-order valence-corrected chi connectivity index (χ2v) is 6.49. The van der Waals surface area contributed by atoms with Crippen LogP contribution in [-0.2, 0) is 6.54 Å². The number of anilines is 1. The van der Waals surface area contributed by atoms with E-state index in [2.05, 4.69) is 15.3 Å². The molecule has 6 nitrogen and oxygen atoms in total. The lowest BCUT2D eigenvalue weighted by Gasteiger charge is -2.12. The Balaban J connectivity index is 1.83. The summed E-state index contributed by atoms with van der Waals surface area (Å²) in [6.45, 7) is 0.546. The SMILES string of the molecule is CN(C)c1nc(C2CC2)nc2c1nnn2Cc1ccccc1Cl. The van der Waals surface area contributed by atoms with Crippen LogP contribution in [0.5, 0.6) is 0 Å². The summed E-state index contributed by atoms with van der Waals surface area (Å²) in [7, 11) is 3.93. The molecule has 0 atom stereocenters. The molecule has 23 heavy (non-hydrogen) atoms. The first-order chi connectivity index (χ1) is 11.1. The molecule has 0 aliphatic heterocycles. The van der Waals surface area contributed by atoms with Crippen molar-refractivity contribution in [2.45, 2.75) is 25.3 Å². The zero-order valence-electron chi connectivity index (χ0n) is 13.1. The molecule has 118 valence electrons. The number of aromatic nitrogens is 5. The predicted molar refractivity (Wildman–Crippen MR) is 90.0 cm³/mol. The van der Waals surface area contributed by atoms with E-state index in [1.165, 1.54) is 0 Å². The molecule has 0 bridgehead atoms. The largest absolute Gasteiger partial charge is 0.361 e. The second-order valence-electron chi connectivity index (χ2n) is 6.08. The fraction of sp³-hybridized carbons (Fsp3) is 0.375. The summed E-state index contributed by atoms with van der Waals surface area (Å²) in [4.78, 5) is 11.4. The molecular formula is C16H17ClN6. The van der Waals surface area contributed by atoms with Crippen LogP contribution in [0.1, 0.15) is 30.1 Å².